The second-order valence-electron chi connectivity index (χ2n) is 6.51. The minimum Gasteiger partial charge on any atom is -0.493 e. The lowest BCUT2D eigenvalue weighted by Gasteiger charge is -2.24. The van der Waals surface area contributed by atoms with Crippen LogP contribution in [0.2, 0.25) is 0 Å². The third-order valence-electron chi connectivity index (χ3n) is 5.13. The maximum atomic E-state index is 5.75. The van der Waals surface area contributed by atoms with Crippen LogP contribution in [-0.2, 0) is 6.54 Å². The van der Waals surface area contributed by atoms with Crippen molar-refractivity contribution in [3.63, 3.8) is 0 Å². The van der Waals surface area contributed by atoms with Crippen molar-refractivity contribution in [2.24, 2.45) is 0 Å². The number of fused-ring (bicyclic) bond motifs is 2. The van der Waals surface area contributed by atoms with E-state index in [1.165, 1.54) is 16.7 Å². The van der Waals surface area contributed by atoms with Gasteiger partial charge in [0.1, 0.15) is 0 Å². The van der Waals surface area contributed by atoms with Crippen molar-refractivity contribution in [2.45, 2.75) is 12.5 Å². The molecule has 27 heavy (non-hydrogen) atoms. The average Bonchev–Trinajstić information content (AvgIpc) is 2.89. The van der Waals surface area contributed by atoms with Gasteiger partial charge in [0.2, 0.25) is 5.75 Å². The van der Waals surface area contributed by atoms with Crippen LogP contribution in [0.3, 0.4) is 0 Å². The highest BCUT2D eigenvalue weighted by molar-refractivity contribution is 5.76. The van der Waals surface area contributed by atoms with Crippen LogP contribution in [0.1, 0.15) is 28.2 Å². The topological polar surface area (TPSA) is 39.7 Å². The highest BCUT2D eigenvalue weighted by Crippen LogP contribution is 2.51. The first-order valence-corrected chi connectivity index (χ1v) is 8.98. The molecule has 1 aliphatic heterocycles. The van der Waals surface area contributed by atoms with Crippen LogP contribution < -0.4 is 19.5 Å². The summed E-state index contributed by atoms with van der Waals surface area (Å²) < 4.78 is 17.0. The van der Waals surface area contributed by atoms with Gasteiger partial charge in [-0.25, -0.2) is 0 Å². The molecule has 1 aliphatic rings. The number of hydrogen-bond donors (Lipinski definition) is 1. The van der Waals surface area contributed by atoms with Crippen LogP contribution in [0.4, 0.5) is 5.69 Å². The van der Waals surface area contributed by atoms with Crippen molar-refractivity contribution in [1.29, 1.82) is 0 Å². The Bertz CT molecular complexity index is 953. The molecule has 0 bridgehead atoms. The number of nitrogens with one attached hydrogen (secondary N) is 1. The standard InChI is InChI=1S/C23H23NO3/c1-25-19-13-18-20(15-9-5-4-6-10-15)17-12-8-7-11-16(17)14-24-21(18)23(27-3)22(19)26-2/h4-13,20,24H,14H2,1-3H3. The SMILES string of the molecule is COc1cc2c(c(OC)c1OC)NCc1ccccc1C2c1ccccc1. The summed E-state index contributed by atoms with van der Waals surface area (Å²) in [5.41, 5.74) is 5.83. The molecule has 3 aromatic carbocycles. The van der Waals surface area contributed by atoms with Gasteiger partial charge < -0.3 is 19.5 Å². The lowest BCUT2D eigenvalue weighted by molar-refractivity contribution is 0.324. The van der Waals surface area contributed by atoms with Gasteiger partial charge in [0.25, 0.3) is 0 Å². The van der Waals surface area contributed by atoms with E-state index in [1.54, 1.807) is 21.3 Å². The molecule has 1 N–H and O–H groups in total. The molecule has 0 radical (unpaired) electrons. The molecule has 0 saturated carbocycles. The Morgan fingerprint density at radius 2 is 1.48 bits per heavy atom. The first-order valence-electron chi connectivity index (χ1n) is 8.98. The van der Waals surface area contributed by atoms with E-state index in [-0.39, 0.29) is 5.92 Å². The van der Waals surface area contributed by atoms with E-state index in [4.69, 9.17) is 14.2 Å². The van der Waals surface area contributed by atoms with Crippen molar-refractivity contribution in [3.8, 4) is 17.2 Å². The molecule has 0 aliphatic carbocycles. The minimum atomic E-state index is 0.0705. The third kappa shape index (κ3) is 2.87. The van der Waals surface area contributed by atoms with Gasteiger partial charge in [0, 0.05) is 12.5 Å². The molecule has 138 valence electrons. The number of rotatable bonds is 4. The highest BCUT2D eigenvalue weighted by atomic mass is 16.5. The van der Waals surface area contributed by atoms with Crippen LogP contribution in [0.15, 0.2) is 60.7 Å². The fourth-order valence-corrected chi connectivity index (χ4v) is 3.92. The predicted octanol–water partition coefficient (Wildman–Crippen LogP) is 4.82. The van der Waals surface area contributed by atoms with E-state index in [0.717, 1.165) is 17.8 Å². The van der Waals surface area contributed by atoms with Gasteiger partial charge in [-0.1, -0.05) is 54.6 Å². The fraction of sp³-hybridized carbons (Fsp3) is 0.217. The summed E-state index contributed by atoms with van der Waals surface area (Å²) in [7, 11) is 4.95. The van der Waals surface area contributed by atoms with E-state index in [1.807, 2.05) is 6.07 Å². The predicted molar refractivity (Wildman–Crippen MR) is 107 cm³/mol. The zero-order valence-corrected chi connectivity index (χ0v) is 15.8. The molecular weight excluding hydrogens is 338 g/mol. The average molecular weight is 361 g/mol. The normalized spacial score (nSPS) is 15.0. The Morgan fingerprint density at radius 1 is 0.778 bits per heavy atom. The molecule has 4 nitrogen and oxygen atoms in total. The Hall–Kier alpha value is -3.14. The second-order valence-corrected chi connectivity index (χ2v) is 6.51. The van der Waals surface area contributed by atoms with Gasteiger partial charge in [-0.2, -0.15) is 0 Å². The molecule has 1 heterocycles. The molecule has 0 saturated heterocycles. The summed E-state index contributed by atoms with van der Waals surface area (Å²) in [5.74, 6) is 2.00. The minimum absolute atomic E-state index is 0.0705. The van der Waals surface area contributed by atoms with Crippen LogP contribution in [0.5, 0.6) is 17.2 Å². The van der Waals surface area contributed by atoms with Gasteiger partial charge in [-0.05, 0) is 28.3 Å². The smallest absolute Gasteiger partial charge is 0.205 e. The molecule has 1 unspecified atom stereocenters. The third-order valence-corrected chi connectivity index (χ3v) is 5.13. The lowest BCUT2D eigenvalue weighted by Crippen LogP contribution is -2.07. The Kier molecular flexibility index (Phi) is 4.63. The highest BCUT2D eigenvalue weighted by Gasteiger charge is 2.30. The first-order chi connectivity index (χ1) is 13.3. The summed E-state index contributed by atoms with van der Waals surface area (Å²) in [6, 6.07) is 21.1. The number of ether oxygens (including phenoxy) is 3. The van der Waals surface area contributed by atoms with E-state index in [2.05, 4.69) is 59.9 Å². The summed E-state index contributed by atoms with van der Waals surface area (Å²) in [6.07, 6.45) is 0. The van der Waals surface area contributed by atoms with Gasteiger partial charge >= 0.3 is 0 Å². The van der Waals surface area contributed by atoms with Gasteiger partial charge in [0.05, 0.1) is 27.0 Å². The molecule has 0 aromatic heterocycles. The van der Waals surface area contributed by atoms with Gasteiger partial charge in [0.15, 0.2) is 11.5 Å². The Labute approximate surface area is 159 Å². The van der Waals surface area contributed by atoms with Crippen molar-refractivity contribution < 1.29 is 14.2 Å². The number of methoxy groups -OCH3 is 3. The van der Waals surface area contributed by atoms with E-state index in [9.17, 15) is 0 Å². The van der Waals surface area contributed by atoms with E-state index in [0.29, 0.717) is 17.2 Å². The molecular formula is C23H23NO3. The Morgan fingerprint density at radius 3 is 2.19 bits per heavy atom. The molecule has 0 fully saturated rings. The largest absolute Gasteiger partial charge is 0.493 e. The molecule has 1 atom stereocenters. The molecule has 4 rings (SSSR count). The van der Waals surface area contributed by atoms with Crippen molar-refractivity contribution in [1.82, 2.24) is 0 Å². The number of anilines is 1. The maximum Gasteiger partial charge on any atom is 0.205 e. The monoisotopic (exact) mass is 361 g/mol. The van der Waals surface area contributed by atoms with Crippen molar-refractivity contribution in [2.75, 3.05) is 26.6 Å². The van der Waals surface area contributed by atoms with Crippen LogP contribution in [0.25, 0.3) is 0 Å². The second kappa shape index (κ2) is 7.23. The van der Waals surface area contributed by atoms with Crippen LogP contribution in [-0.4, -0.2) is 21.3 Å². The Balaban J connectivity index is 2.04. The van der Waals surface area contributed by atoms with Crippen molar-refractivity contribution in [3.05, 3.63) is 82.9 Å². The van der Waals surface area contributed by atoms with Crippen LogP contribution >= 0.6 is 0 Å². The molecule has 4 heteroatoms. The lowest BCUT2D eigenvalue weighted by atomic mass is 9.83. The first kappa shape index (κ1) is 17.3. The molecule has 0 amide bonds. The molecule has 3 aromatic rings. The summed E-state index contributed by atoms with van der Waals surface area (Å²) in [6.45, 7) is 0.721. The summed E-state index contributed by atoms with van der Waals surface area (Å²) in [4.78, 5) is 0. The van der Waals surface area contributed by atoms with E-state index < -0.39 is 0 Å². The fourth-order valence-electron chi connectivity index (χ4n) is 3.92. The van der Waals surface area contributed by atoms with E-state index >= 15 is 0 Å². The van der Waals surface area contributed by atoms with Crippen molar-refractivity contribution >= 4 is 5.69 Å². The quantitative estimate of drug-likeness (QED) is 0.723. The zero-order valence-electron chi connectivity index (χ0n) is 15.8. The maximum absolute atomic E-state index is 5.75. The zero-order chi connectivity index (χ0) is 18.8. The summed E-state index contributed by atoms with van der Waals surface area (Å²) >= 11 is 0. The number of hydrogen-bond acceptors (Lipinski definition) is 4. The summed E-state index contributed by atoms with van der Waals surface area (Å²) in [5, 5.41) is 3.57. The van der Waals surface area contributed by atoms with Gasteiger partial charge in [-0.15, -0.1) is 0 Å². The van der Waals surface area contributed by atoms with Gasteiger partial charge in [-0.3, -0.25) is 0 Å². The number of benzene rings is 3. The molecule has 0 spiro atoms. The van der Waals surface area contributed by atoms with Crippen LogP contribution in [0, 0.1) is 0 Å².